The molecule has 2 unspecified atom stereocenters. The number of esters is 1. The minimum atomic E-state index is -0.572. The van der Waals surface area contributed by atoms with Crippen LogP contribution in [0.3, 0.4) is 0 Å². The molecule has 0 aromatic heterocycles. The van der Waals surface area contributed by atoms with Gasteiger partial charge in [-0.2, -0.15) is 0 Å². The molecular weight excluding hydrogens is 358 g/mol. The summed E-state index contributed by atoms with van der Waals surface area (Å²) in [6, 6.07) is 4.99. The molecule has 1 heterocycles. The summed E-state index contributed by atoms with van der Waals surface area (Å²) in [5.41, 5.74) is 3.21. The van der Waals surface area contributed by atoms with Gasteiger partial charge in [0.1, 0.15) is 0 Å². The molecule has 0 saturated heterocycles. The van der Waals surface area contributed by atoms with E-state index in [1.54, 1.807) is 18.2 Å². The number of Topliss-reactive ketones (excluding diaryl/α,β-unsaturated/α-hetero) is 1. The Morgan fingerprint density at radius 3 is 2.75 bits per heavy atom. The highest BCUT2D eigenvalue weighted by Crippen LogP contribution is 2.44. The van der Waals surface area contributed by atoms with E-state index in [1.807, 2.05) is 20.8 Å². The number of hydrogen-bond donors (Lipinski definition) is 2. The standard InChI is InChI=1S/C22H27NO5/c1-5-12(2)28-22(26)19-13(3)23-15-7-6-8-16(24)21(15)20(19)14-9-10-18(27-4)17(25)11-14/h9-12,20,23,25H,5-8H2,1-4H3. The zero-order valence-electron chi connectivity index (χ0n) is 16.8. The molecule has 28 heavy (non-hydrogen) atoms. The third-order valence-electron chi connectivity index (χ3n) is 5.42. The second-order valence-corrected chi connectivity index (χ2v) is 7.32. The van der Waals surface area contributed by atoms with Crippen LogP contribution < -0.4 is 10.1 Å². The highest BCUT2D eigenvalue weighted by Gasteiger charge is 2.39. The van der Waals surface area contributed by atoms with Crippen molar-refractivity contribution >= 4 is 11.8 Å². The van der Waals surface area contributed by atoms with E-state index in [1.165, 1.54) is 7.11 Å². The van der Waals surface area contributed by atoms with Gasteiger partial charge in [0.25, 0.3) is 0 Å². The van der Waals surface area contributed by atoms with E-state index in [4.69, 9.17) is 9.47 Å². The van der Waals surface area contributed by atoms with E-state index < -0.39 is 11.9 Å². The van der Waals surface area contributed by atoms with Crippen molar-refractivity contribution in [3.63, 3.8) is 0 Å². The summed E-state index contributed by atoms with van der Waals surface area (Å²) in [5.74, 6) is -0.681. The topological polar surface area (TPSA) is 84.9 Å². The molecule has 2 atom stereocenters. The number of aromatic hydroxyl groups is 1. The minimum absolute atomic E-state index is 0.0235. The van der Waals surface area contributed by atoms with Crippen LogP contribution in [0.2, 0.25) is 0 Å². The molecule has 3 rings (SSSR count). The SMILES string of the molecule is CCC(C)OC(=O)C1=C(C)NC2=C(C(=O)CCC2)C1c1ccc(OC)c(O)c1. The Morgan fingerprint density at radius 2 is 2.11 bits per heavy atom. The third-order valence-corrected chi connectivity index (χ3v) is 5.42. The van der Waals surface area contributed by atoms with E-state index in [0.717, 1.165) is 18.5 Å². The Bertz CT molecular complexity index is 868. The number of allylic oxidation sites excluding steroid dienone is 3. The molecule has 6 heteroatoms. The number of ketones is 1. The van der Waals surface area contributed by atoms with Crippen LogP contribution in [0.15, 0.2) is 40.7 Å². The molecule has 1 aliphatic carbocycles. The van der Waals surface area contributed by atoms with E-state index in [2.05, 4.69) is 5.32 Å². The molecule has 1 aliphatic heterocycles. The molecule has 6 nitrogen and oxygen atoms in total. The van der Waals surface area contributed by atoms with Gasteiger partial charge in [0.05, 0.1) is 18.8 Å². The Labute approximate surface area is 165 Å². The molecule has 1 aromatic rings. The number of methoxy groups -OCH3 is 1. The van der Waals surface area contributed by atoms with Crippen molar-refractivity contribution in [1.29, 1.82) is 0 Å². The molecule has 0 radical (unpaired) electrons. The normalized spacial score (nSPS) is 20.4. The Balaban J connectivity index is 2.13. The fourth-order valence-corrected chi connectivity index (χ4v) is 3.80. The van der Waals surface area contributed by atoms with Crippen molar-refractivity contribution in [1.82, 2.24) is 5.32 Å². The zero-order valence-corrected chi connectivity index (χ0v) is 16.8. The first-order chi connectivity index (χ1) is 13.4. The van der Waals surface area contributed by atoms with E-state index in [9.17, 15) is 14.7 Å². The van der Waals surface area contributed by atoms with Crippen molar-refractivity contribution in [3.05, 3.63) is 46.3 Å². The molecule has 0 amide bonds. The second kappa shape index (κ2) is 8.09. The second-order valence-electron chi connectivity index (χ2n) is 7.32. The maximum Gasteiger partial charge on any atom is 0.337 e. The van der Waals surface area contributed by atoms with Gasteiger partial charge in [-0.05, 0) is 50.8 Å². The van der Waals surface area contributed by atoms with Gasteiger partial charge in [-0.1, -0.05) is 13.0 Å². The van der Waals surface area contributed by atoms with E-state index in [-0.39, 0.29) is 17.6 Å². The molecule has 150 valence electrons. The average molecular weight is 385 g/mol. The van der Waals surface area contributed by atoms with Crippen molar-refractivity contribution in [2.75, 3.05) is 7.11 Å². The highest BCUT2D eigenvalue weighted by molar-refractivity contribution is 6.03. The van der Waals surface area contributed by atoms with Gasteiger partial charge in [-0.3, -0.25) is 4.79 Å². The Kier molecular flexibility index (Phi) is 5.77. The third kappa shape index (κ3) is 3.63. The van der Waals surface area contributed by atoms with Gasteiger partial charge < -0.3 is 19.9 Å². The van der Waals surface area contributed by atoms with Crippen molar-refractivity contribution in [3.8, 4) is 11.5 Å². The number of benzene rings is 1. The van der Waals surface area contributed by atoms with Gasteiger partial charge >= 0.3 is 5.97 Å². The van der Waals surface area contributed by atoms with Gasteiger partial charge in [0.2, 0.25) is 0 Å². The predicted octanol–water partition coefficient (Wildman–Crippen LogP) is 3.71. The van der Waals surface area contributed by atoms with Crippen LogP contribution in [0.1, 0.15) is 57.9 Å². The zero-order chi connectivity index (χ0) is 20.4. The summed E-state index contributed by atoms with van der Waals surface area (Å²) in [6.45, 7) is 5.61. The van der Waals surface area contributed by atoms with Crippen LogP contribution in [-0.2, 0) is 14.3 Å². The van der Waals surface area contributed by atoms with Crippen LogP contribution >= 0.6 is 0 Å². The lowest BCUT2D eigenvalue weighted by molar-refractivity contribution is -0.144. The maximum atomic E-state index is 13.0. The molecule has 0 fully saturated rings. The molecule has 0 saturated carbocycles. The molecule has 2 N–H and O–H groups in total. The fourth-order valence-electron chi connectivity index (χ4n) is 3.80. The maximum absolute atomic E-state index is 13.0. The van der Waals surface area contributed by atoms with Gasteiger partial charge in [0.15, 0.2) is 17.3 Å². The summed E-state index contributed by atoms with van der Waals surface area (Å²) in [7, 11) is 1.48. The van der Waals surface area contributed by atoms with Crippen molar-refractivity contribution in [2.45, 2.75) is 58.5 Å². The lowest BCUT2D eigenvalue weighted by Crippen LogP contribution is -2.35. The number of nitrogens with one attached hydrogen (secondary N) is 1. The quantitative estimate of drug-likeness (QED) is 0.752. The van der Waals surface area contributed by atoms with Gasteiger partial charge in [0, 0.05) is 29.3 Å². The number of hydrogen-bond acceptors (Lipinski definition) is 6. The number of rotatable bonds is 5. The molecule has 2 aliphatic rings. The van der Waals surface area contributed by atoms with Crippen molar-refractivity contribution in [2.24, 2.45) is 0 Å². The van der Waals surface area contributed by atoms with Gasteiger partial charge in [-0.15, -0.1) is 0 Å². The Morgan fingerprint density at radius 1 is 1.36 bits per heavy atom. The molecule has 0 bridgehead atoms. The number of phenolic OH excluding ortho intramolecular Hbond substituents is 1. The van der Waals surface area contributed by atoms with Crippen molar-refractivity contribution < 1.29 is 24.2 Å². The smallest absolute Gasteiger partial charge is 0.337 e. The van der Waals surface area contributed by atoms with Crippen LogP contribution in [0.4, 0.5) is 0 Å². The first kappa shape index (κ1) is 20.0. The summed E-state index contributed by atoms with van der Waals surface area (Å²) in [5, 5.41) is 13.5. The van der Waals surface area contributed by atoms with Crippen LogP contribution in [-0.4, -0.2) is 30.1 Å². The number of carbonyl (C=O) groups is 2. The molecule has 1 aromatic carbocycles. The highest BCUT2D eigenvalue weighted by atomic mass is 16.5. The predicted molar refractivity (Wildman–Crippen MR) is 105 cm³/mol. The summed E-state index contributed by atoms with van der Waals surface area (Å²) >= 11 is 0. The first-order valence-corrected chi connectivity index (χ1v) is 9.69. The summed E-state index contributed by atoms with van der Waals surface area (Å²) < 4.78 is 10.7. The van der Waals surface area contributed by atoms with Crippen LogP contribution in [0.25, 0.3) is 0 Å². The number of dihydropyridines is 1. The number of ether oxygens (including phenoxy) is 2. The minimum Gasteiger partial charge on any atom is -0.504 e. The molecule has 0 spiro atoms. The van der Waals surface area contributed by atoms with Crippen LogP contribution in [0.5, 0.6) is 11.5 Å². The number of carbonyl (C=O) groups excluding carboxylic acids is 2. The monoisotopic (exact) mass is 385 g/mol. The van der Waals surface area contributed by atoms with Gasteiger partial charge in [-0.25, -0.2) is 4.79 Å². The van der Waals surface area contributed by atoms with E-state index in [0.29, 0.717) is 41.0 Å². The Hall–Kier alpha value is -2.76. The number of phenols is 1. The summed E-state index contributed by atoms with van der Waals surface area (Å²) in [6.07, 6.45) is 2.46. The lowest BCUT2D eigenvalue weighted by atomic mass is 9.75. The fraction of sp³-hybridized carbons (Fsp3) is 0.455. The lowest BCUT2D eigenvalue weighted by Gasteiger charge is -2.34. The first-order valence-electron chi connectivity index (χ1n) is 9.69. The summed E-state index contributed by atoms with van der Waals surface area (Å²) in [4.78, 5) is 25.8. The van der Waals surface area contributed by atoms with E-state index >= 15 is 0 Å². The molecular formula is C22H27NO5. The average Bonchev–Trinajstić information content (AvgIpc) is 2.66. The largest absolute Gasteiger partial charge is 0.504 e. The van der Waals surface area contributed by atoms with Crippen LogP contribution in [0, 0.1) is 0 Å².